The molecule has 12 heavy (non-hydrogen) atoms. The highest BCUT2D eigenvalue weighted by molar-refractivity contribution is 4.68. The molecule has 1 nitrogen and oxygen atoms in total. The predicted molar refractivity (Wildman–Crippen MR) is 56.0 cm³/mol. The van der Waals surface area contributed by atoms with Crippen molar-refractivity contribution in [1.29, 1.82) is 0 Å². The Kier molecular flexibility index (Phi) is 5.56. The van der Waals surface area contributed by atoms with E-state index in [4.69, 9.17) is 5.73 Å². The van der Waals surface area contributed by atoms with E-state index in [2.05, 4.69) is 34.6 Å². The third kappa shape index (κ3) is 4.76. The maximum Gasteiger partial charge on any atom is 0.00619 e. The first-order valence-corrected chi connectivity index (χ1v) is 5.20. The van der Waals surface area contributed by atoms with Crippen LogP contribution in [0.25, 0.3) is 0 Å². The summed E-state index contributed by atoms with van der Waals surface area (Å²) in [5.74, 6) is 2.24. The van der Waals surface area contributed by atoms with Crippen molar-refractivity contribution in [2.75, 3.05) is 0 Å². The van der Waals surface area contributed by atoms with Gasteiger partial charge in [-0.25, -0.2) is 0 Å². The van der Waals surface area contributed by atoms with E-state index >= 15 is 0 Å². The fourth-order valence-electron chi connectivity index (χ4n) is 1.12. The van der Waals surface area contributed by atoms with Crippen LogP contribution in [0.4, 0.5) is 0 Å². The van der Waals surface area contributed by atoms with Crippen LogP contribution in [0.5, 0.6) is 0 Å². The molecule has 1 heteroatoms. The molecule has 0 radical (unpaired) electrons. The minimum Gasteiger partial charge on any atom is -0.327 e. The van der Waals surface area contributed by atoms with Crippen molar-refractivity contribution < 1.29 is 0 Å². The average molecular weight is 171 g/mol. The molecule has 0 saturated heterocycles. The molecule has 0 bridgehead atoms. The summed E-state index contributed by atoms with van der Waals surface area (Å²) in [5, 5.41) is 0. The number of hydrogen-bond acceptors (Lipinski definition) is 1. The summed E-state index contributed by atoms with van der Waals surface area (Å²) < 4.78 is 0. The van der Waals surface area contributed by atoms with Gasteiger partial charge in [-0.15, -0.1) is 0 Å². The first-order chi connectivity index (χ1) is 5.45. The number of hydrogen-bond donors (Lipinski definition) is 1. The Balaban J connectivity index is 3.54. The molecule has 0 aromatic heterocycles. The van der Waals surface area contributed by atoms with Crippen molar-refractivity contribution in [3.05, 3.63) is 0 Å². The fraction of sp³-hybridized carbons (Fsp3) is 1.00. The molecule has 0 aliphatic rings. The minimum atomic E-state index is 0.395. The molecule has 0 aromatic rings. The lowest BCUT2D eigenvalue weighted by atomic mass is 9.89. The molecular weight excluding hydrogens is 146 g/mol. The Bertz CT molecular complexity index is 93.6. The molecule has 0 rings (SSSR count). The first kappa shape index (κ1) is 12.0. The summed E-state index contributed by atoms with van der Waals surface area (Å²) >= 11 is 0. The Hall–Kier alpha value is -0.0400. The highest BCUT2D eigenvalue weighted by atomic mass is 14.6. The standard InChI is InChI=1S/C11H25N/c1-8(2)10(5)6-7-11(12)9(3)4/h8-11H,6-7,12H2,1-5H3. The third-order valence-electron chi connectivity index (χ3n) is 2.95. The molecular formula is C11H25N. The minimum absolute atomic E-state index is 0.395. The van der Waals surface area contributed by atoms with Crippen LogP contribution in [0, 0.1) is 17.8 Å². The summed E-state index contributed by atoms with van der Waals surface area (Å²) in [7, 11) is 0. The van der Waals surface area contributed by atoms with Gasteiger partial charge >= 0.3 is 0 Å². The zero-order chi connectivity index (χ0) is 9.72. The second-order valence-electron chi connectivity index (χ2n) is 4.71. The van der Waals surface area contributed by atoms with Crippen LogP contribution in [0.15, 0.2) is 0 Å². The summed E-state index contributed by atoms with van der Waals surface area (Å²) in [4.78, 5) is 0. The van der Waals surface area contributed by atoms with Gasteiger partial charge in [-0.05, 0) is 30.6 Å². The normalized spacial score (nSPS) is 17.0. The Labute approximate surface area is 77.7 Å². The maximum atomic E-state index is 5.96. The fourth-order valence-corrected chi connectivity index (χ4v) is 1.12. The molecule has 0 saturated carbocycles. The topological polar surface area (TPSA) is 26.0 Å². The van der Waals surface area contributed by atoms with Crippen LogP contribution in [0.3, 0.4) is 0 Å². The zero-order valence-electron chi connectivity index (χ0n) is 9.30. The Morgan fingerprint density at radius 2 is 1.33 bits per heavy atom. The highest BCUT2D eigenvalue weighted by Crippen LogP contribution is 2.18. The molecule has 0 spiro atoms. The molecule has 2 N–H and O–H groups in total. The lowest BCUT2D eigenvalue weighted by Gasteiger charge is -2.20. The third-order valence-corrected chi connectivity index (χ3v) is 2.95. The largest absolute Gasteiger partial charge is 0.327 e. The van der Waals surface area contributed by atoms with E-state index in [1.165, 1.54) is 12.8 Å². The van der Waals surface area contributed by atoms with Gasteiger partial charge in [0.25, 0.3) is 0 Å². The zero-order valence-corrected chi connectivity index (χ0v) is 9.30. The summed E-state index contributed by atoms with van der Waals surface area (Å²) in [6.07, 6.45) is 2.45. The van der Waals surface area contributed by atoms with E-state index in [1.54, 1.807) is 0 Å². The van der Waals surface area contributed by atoms with Crippen molar-refractivity contribution >= 4 is 0 Å². The van der Waals surface area contributed by atoms with E-state index in [0.717, 1.165) is 11.8 Å². The molecule has 0 heterocycles. The molecule has 0 aliphatic carbocycles. The molecule has 2 atom stereocenters. The summed E-state index contributed by atoms with van der Waals surface area (Å²) in [5.41, 5.74) is 5.96. The molecule has 2 unspecified atom stereocenters. The van der Waals surface area contributed by atoms with Crippen LogP contribution in [-0.4, -0.2) is 6.04 Å². The predicted octanol–water partition coefficient (Wildman–Crippen LogP) is 3.04. The van der Waals surface area contributed by atoms with E-state index in [0.29, 0.717) is 12.0 Å². The summed E-state index contributed by atoms with van der Waals surface area (Å²) in [6.45, 7) is 11.3. The van der Waals surface area contributed by atoms with E-state index < -0.39 is 0 Å². The van der Waals surface area contributed by atoms with Crippen molar-refractivity contribution in [3.63, 3.8) is 0 Å². The monoisotopic (exact) mass is 171 g/mol. The molecule has 74 valence electrons. The van der Waals surface area contributed by atoms with Crippen LogP contribution >= 0.6 is 0 Å². The molecule has 0 fully saturated rings. The van der Waals surface area contributed by atoms with E-state index in [1.807, 2.05) is 0 Å². The van der Waals surface area contributed by atoms with Gasteiger partial charge in [-0.1, -0.05) is 34.6 Å². The molecule has 0 aliphatic heterocycles. The highest BCUT2D eigenvalue weighted by Gasteiger charge is 2.11. The summed E-state index contributed by atoms with van der Waals surface area (Å²) in [6, 6.07) is 0.395. The van der Waals surface area contributed by atoms with E-state index in [-0.39, 0.29) is 0 Å². The molecule has 0 aromatic carbocycles. The van der Waals surface area contributed by atoms with E-state index in [9.17, 15) is 0 Å². The SMILES string of the molecule is CC(C)C(C)CCC(N)C(C)C. The molecule has 0 amide bonds. The van der Waals surface area contributed by atoms with Crippen LogP contribution < -0.4 is 5.73 Å². The van der Waals surface area contributed by atoms with Gasteiger partial charge in [0.2, 0.25) is 0 Å². The van der Waals surface area contributed by atoms with Crippen molar-refractivity contribution in [2.24, 2.45) is 23.5 Å². The second-order valence-corrected chi connectivity index (χ2v) is 4.71. The Morgan fingerprint density at radius 3 is 1.67 bits per heavy atom. The van der Waals surface area contributed by atoms with Gasteiger partial charge in [0.15, 0.2) is 0 Å². The van der Waals surface area contributed by atoms with Gasteiger partial charge in [-0.3, -0.25) is 0 Å². The Morgan fingerprint density at radius 1 is 0.833 bits per heavy atom. The quantitative estimate of drug-likeness (QED) is 0.676. The number of rotatable bonds is 5. The second kappa shape index (κ2) is 5.58. The van der Waals surface area contributed by atoms with Crippen molar-refractivity contribution in [3.8, 4) is 0 Å². The van der Waals surface area contributed by atoms with Crippen molar-refractivity contribution in [1.82, 2.24) is 0 Å². The lowest BCUT2D eigenvalue weighted by molar-refractivity contribution is 0.344. The lowest BCUT2D eigenvalue weighted by Crippen LogP contribution is -2.27. The maximum absolute atomic E-state index is 5.96. The smallest absolute Gasteiger partial charge is 0.00619 e. The van der Waals surface area contributed by atoms with Gasteiger partial charge in [0.05, 0.1) is 0 Å². The van der Waals surface area contributed by atoms with Crippen LogP contribution in [0.2, 0.25) is 0 Å². The van der Waals surface area contributed by atoms with Gasteiger partial charge in [0.1, 0.15) is 0 Å². The number of nitrogens with two attached hydrogens (primary N) is 1. The van der Waals surface area contributed by atoms with Crippen LogP contribution in [-0.2, 0) is 0 Å². The van der Waals surface area contributed by atoms with Gasteiger partial charge < -0.3 is 5.73 Å². The van der Waals surface area contributed by atoms with Gasteiger partial charge in [0, 0.05) is 6.04 Å². The van der Waals surface area contributed by atoms with Gasteiger partial charge in [-0.2, -0.15) is 0 Å². The average Bonchev–Trinajstić information content (AvgIpc) is 1.98. The first-order valence-electron chi connectivity index (χ1n) is 5.20. The van der Waals surface area contributed by atoms with Crippen LogP contribution in [0.1, 0.15) is 47.5 Å². The van der Waals surface area contributed by atoms with Crippen molar-refractivity contribution in [2.45, 2.75) is 53.5 Å².